The van der Waals surface area contributed by atoms with Gasteiger partial charge < -0.3 is 15.4 Å². The average Bonchev–Trinajstić information content (AvgIpc) is 3.12. The summed E-state index contributed by atoms with van der Waals surface area (Å²) in [5.41, 5.74) is 1.11. The maximum Gasteiger partial charge on any atom is 0.329 e. The fourth-order valence-corrected chi connectivity index (χ4v) is 3.36. The number of nitrogens with one attached hydrogen (secondary N) is 2. The van der Waals surface area contributed by atoms with Crippen molar-refractivity contribution in [3.05, 3.63) is 106 Å². The van der Waals surface area contributed by atoms with Crippen LogP contribution in [-0.4, -0.2) is 34.2 Å². The number of hydrogen-bond acceptors (Lipinski definition) is 6. The normalized spacial score (nSPS) is 14.0. The monoisotopic (exact) mass is 490 g/mol. The minimum atomic E-state index is -0.771. The number of carbonyl (C=O) groups excluding carboxylic acids is 3. The average molecular weight is 490 g/mol. The number of para-hydroxylation sites is 1. The number of ether oxygens (including phenoxy) is 1. The molecule has 0 unspecified atom stereocenters. The highest BCUT2D eigenvalue weighted by atomic mass is 19.1. The Balaban J connectivity index is 1.36. The summed E-state index contributed by atoms with van der Waals surface area (Å²) in [6.07, 6.45) is 1.44. The van der Waals surface area contributed by atoms with Crippen molar-refractivity contribution >= 4 is 35.3 Å². The van der Waals surface area contributed by atoms with Crippen LogP contribution in [0.5, 0.6) is 5.75 Å². The van der Waals surface area contributed by atoms with Gasteiger partial charge in [0.1, 0.15) is 30.4 Å². The van der Waals surface area contributed by atoms with Crippen LogP contribution >= 0.6 is 0 Å². The summed E-state index contributed by atoms with van der Waals surface area (Å²) in [5.74, 6) is -1.57. The number of rotatable bonds is 8. The first-order valence-corrected chi connectivity index (χ1v) is 10.7. The maximum atomic E-state index is 13.7. The SMILES string of the molecule is O=C(CN1C(=O)N/C(=C/c2ccc(OCc3cccc([N+](=O)[O-])c3)cc2)C1=O)Nc1ccccc1F. The predicted molar refractivity (Wildman–Crippen MR) is 127 cm³/mol. The molecule has 36 heavy (non-hydrogen) atoms. The van der Waals surface area contributed by atoms with Crippen molar-refractivity contribution in [3.8, 4) is 5.75 Å². The van der Waals surface area contributed by atoms with E-state index in [-0.39, 0.29) is 23.7 Å². The fraction of sp³-hybridized carbons (Fsp3) is 0.0800. The van der Waals surface area contributed by atoms with Gasteiger partial charge in [-0.1, -0.05) is 36.4 Å². The molecule has 4 rings (SSSR count). The summed E-state index contributed by atoms with van der Waals surface area (Å²) >= 11 is 0. The summed E-state index contributed by atoms with van der Waals surface area (Å²) in [6.45, 7) is -0.457. The molecule has 1 heterocycles. The molecular weight excluding hydrogens is 471 g/mol. The van der Waals surface area contributed by atoms with Gasteiger partial charge in [-0.2, -0.15) is 0 Å². The van der Waals surface area contributed by atoms with E-state index < -0.39 is 35.1 Å². The van der Waals surface area contributed by atoms with E-state index in [2.05, 4.69) is 10.6 Å². The van der Waals surface area contributed by atoms with E-state index in [4.69, 9.17) is 4.74 Å². The lowest BCUT2D eigenvalue weighted by Crippen LogP contribution is -2.38. The Labute approximate surface area is 204 Å². The predicted octanol–water partition coefficient (Wildman–Crippen LogP) is 3.84. The second-order valence-corrected chi connectivity index (χ2v) is 7.69. The molecule has 0 radical (unpaired) electrons. The van der Waals surface area contributed by atoms with Gasteiger partial charge in [-0.05, 0) is 41.5 Å². The molecule has 0 aliphatic carbocycles. The Morgan fingerprint density at radius 3 is 2.56 bits per heavy atom. The summed E-state index contributed by atoms with van der Waals surface area (Å²) in [5, 5.41) is 15.6. The third-order valence-electron chi connectivity index (χ3n) is 5.13. The first-order valence-electron chi connectivity index (χ1n) is 10.7. The minimum absolute atomic E-state index is 0.0241. The van der Waals surface area contributed by atoms with Crippen LogP contribution in [-0.2, 0) is 16.2 Å². The molecule has 10 nitrogen and oxygen atoms in total. The molecule has 0 saturated carbocycles. The molecule has 1 aliphatic rings. The third kappa shape index (κ3) is 5.70. The molecule has 3 aromatic carbocycles. The van der Waals surface area contributed by atoms with Gasteiger partial charge in [0.25, 0.3) is 11.6 Å². The van der Waals surface area contributed by atoms with E-state index in [0.29, 0.717) is 16.9 Å². The van der Waals surface area contributed by atoms with Gasteiger partial charge in [-0.15, -0.1) is 0 Å². The lowest BCUT2D eigenvalue weighted by Gasteiger charge is -2.12. The number of hydrogen-bond donors (Lipinski definition) is 2. The van der Waals surface area contributed by atoms with Gasteiger partial charge in [0.05, 0.1) is 10.6 Å². The highest BCUT2D eigenvalue weighted by Crippen LogP contribution is 2.20. The molecule has 2 N–H and O–H groups in total. The number of amides is 4. The Morgan fingerprint density at radius 2 is 1.83 bits per heavy atom. The van der Waals surface area contributed by atoms with E-state index in [1.807, 2.05) is 0 Å². The van der Waals surface area contributed by atoms with Crippen LogP contribution in [0.3, 0.4) is 0 Å². The lowest BCUT2D eigenvalue weighted by atomic mass is 10.2. The van der Waals surface area contributed by atoms with Gasteiger partial charge in [0, 0.05) is 12.1 Å². The quantitative estimate of drug-likeness (QED) is 0.214. The molecule has 0 aromatic heterocycles. The molecule has 1 aliphatic heterocycles. The largest absolute Gasteiger partial charge is 0.489 e. The van der Waals surface area contributed by atoms with Crippen molar-refractivity contribution in [2.45, 2.75) is 6.61 Å². The van der Waals surface area contributed by atoms with Crippen molar-refractivity contribution in [1.82, 2.24) is 10.2 Å². The number of benzene rings is 3. The van der Waals surface area contributed by atoms with E-state index in [9.17, 15) is 28.9 Å². The molecule has 0 bridgehead atoms. The van der Waals surface area contributed by atoms with E-state index in [1.54, 1.807) is 36.4 Å². The first-order chi connectivity index (χ1) is 17.3. The van der Waals surface area contributed by atoms with Crippen molar-refractivity contribution in [3.63, 3.8) is 0 Å². The molecule has 4 amide bonds. The Kier molecular flexibility index (Phi) is 7.00. The van der Waals surface area contributed by atoms with Crippen molar-refractivity contribution in [1.29, 1.82) is 0 Å². The standard InChI is InChI=1S/C25H19FN4O6/c26-20-6-1-2-7-21(20)27-23(31)14-29-24(32)22(28-25(29)33)13-16-8-10-19(11-9-16)36-15-17-4-3-5-18(12-17)30(34)35/h1-13H,14-15H2,(H,27,31)(H,28,33)/b22-13+. The van der Waals surface area contributed by atoms with Crippen molar-refractivity contribution in [2.75, 3.05) is 11.9 Å². The van der Waals surface area contributed by atoms with Crippen LogP contribution in [0.25, 0.3) is 6.08 Å². The van der Waals surface area contributed by atoms with Gasteiger partial charge in [0.15, 0.2) is 0 Å². The topological polar surface area (TPSA) is 131 Å². The summed E-state index contributed by atoms with van der Waals surface area (Å²) in [4.78, 5) is 48.2. The van der Waals surface area contributed by atoms with E-state index >= 15 is 0 Å². The number of nitro benzene ring substituents is 1. The smallest absolute Gasteiger partial charge is 0.329 e. The van der Waals surface area contributed by atoms with Crippen LogP contribution in [0.1, 0.15) is 11.1 Å². The molecule has 3 aromatic rings. The lowest BCUT2D eigenvalue weighted by molar-refractivity contribution is -0.384. The molecule has 11 heteroatoms. The maximum absolute atomic E-state index is 13.7. The molecule has 0 atom stereocenters. The molecule has 0 spiro atoms. The number of halogens is 1. The first kappa shape index (κ1) is 24.1. The zero-order chi connectivity index (χ0) is 25.7. The fourth-order valence-electron chi connectivity index (χ4n) is 3.36. The highest BCUT2D eigenvalue weighted by molar-refractivity contribution is 6.15. The third-order valence-corrected chi connectivity index (χ3v) is 5.13. The van der Waals surface area contributed by atoms with E-state index in [0.717, 1.165) is 4.90 Å². The van der Waals surface area contributed by atoms with E-state index in [1.165, 1.54) is 42.5 Å². The second-order valence-electron chi connectivity index (χ2n) is 7.69. The highest BCUT2D eigenvalue weighted by Gasteiger charge is 2.35. The van der Waals surface area contributed by atoms with Gasteiger partial charge >= 0.3 is 6.03 Å². The Bertz CT molecular complexity index is 1370. The van der Waals surface area contributed by atoms with Crippen LogP contribution in [0.4, 0.5) is 20.6 Å². The van der Waals surface area contributed by atoms with Crippen LogP contribution in [0.2, 0.25) is 0 Å². The number of non-ortho nitro benzene ring substituents is 1. The molecular formula is C25H19FN4O6. The van der Waals surface area contributed by atoms with Gasteiger partial charge in [0.2, 0.25) is 5.91 Å². The number of urea groups is 1. The summed E-state index contributed by atoms with van der Waals surface area (Å²) in [7, 11) is 0. The van der Waals surface area contributed by atoms with Gasteiger partial charge in [-0.3, -0.25) is 19.7 Å². The van der Waals surface area contributed by atoms with Crippen LogP contribution in [0.15, 0.2) is 78.5 Å². The van der Waals surface area contributed by atoms with Crippen molar-refractivity contribution < 1.29 is 28.4 Å². The Morgan fingerprint density at radius 1 is 1.08 bits per heavy atom. The van der Waals surface area contributed by atoms with Crippen LogP contribution < -0.4 is 15.4 Å². The zero-order valence-electron chi connectivity index (χ0n) is 18.6. The summed E-state index contributed by atoms with van der Waals surface area (Å²) < 4.78 is 19.4. The summed E-state index contributed by atoms with van der Waals surface area (Å²) in [6, 6.07) is 17.5. The number of imide groups is 1. The van der Waals surface area contributed by atoms with Crippen LogP contribution in [0, 0.1) is 15.9 Å². The molecule has 1 fully saturated rings. The molecule has 182 valence electrons. The Hall–Kier alpha value is -5.06. The zero-order valence-corrected chi connectivity index (χ0v) is 18.6. The number of nitro groups is 1. The number of nitrogens with zero attached hydrogens (tertiary/aromatic N) is 2. The number of carbonyl (C=O) groups is 3. The number of anilines is 1. The minimum Gasteiger partial charge on any atom is -0.489 e. The van der Waals surface area contributed by atoms with Crippen molar-refractivity contribution in [2.24, 2.45) is 0 Å². The van der Waals surface area contributed by atoms with Gasteiger partial charge in [-0.25, -0.2) is 14.1 Å². The second kappa shape index (κ2) is 10.5. The molecule has 1 saturated heterocycles.